The number of pyridine rings is 1. The summed E-state index contributed by atoms with van der Waals surface area (Å²) in [6.45, 7) is 1.13. The van der Waals surface area contributed by atoms with Crippen molar-refractivity contribution in [2.24, 2.45) is 5.41 Å². The maximum absolute atomic E-state index is 4.47. The molecule has 1 saturated carbocycles. The van der Waals surface area contributed by atoms with Gasteiger partial charge in [0.2, 0.25) is 0 Å². The molecule has 4 heteroatoms. The van der Waals surface area contributed by atoms with Gasteiger partial charge in [-0.1, -0.05) is 31.7 Å². The predicted octanol–water partition coefficient (Wildman–Crippen LogP) is 3.16. The summed E-state index contributed by atoms with van der Waals surface area (Å²) in [6.07, 6.45) is 14.0. The smallest absolute Gasteiger partial charge is 0.137 e. The summed E-state index contributed by atoms with van der Waals surface area (Å²) < 4.78 is 2.39. The second-order valence-corrected chi connectivity index (χ2v) is 6.75. The molecule has 2 aromatic heterocycles. The Balaban J connectivity index is 1.56. The van der Waals surface area contributed by atoms with Crippen LogP contribution >= 0.6 is 0 Å². The molecule has 1 aliphatic heterocycles. The summed E-state index contributed by atoms with van der Waals surface area (Å²) in [4.78, 5) is 4.20. The van der Waals surface area contributed by atoms with E-state index in [9.17, 15) is 0 Å². The summed E-state index contributed by atoms with van der Waals surface area (Å²) >= 11 is 0. The van der Waals surface area contributed by atoms with Gasteiger partial charge in [0.05, 0.1) is 0 Å². The molecule has 0 radical (unpaired) electrons. The van der Waals surface area contributed by atoms with Crippen LogP contribution in [0.25, 0.3) is 0 Å². The molecule has 0 amide bonds. The van der Waals surface area contributed by atoms with E-state index >= 15 is 0 Å². The molecule has 3 heterocycles. The lowest BCUT2D eigenvalue weighted by Gasteiger charge is -2.26. The van der Waals surface area contributed by atoms with Crippen molar-refractivity contribution in [3.63, 3.8) is 0 Å². The molecule has 110 valence electrons. The van der Waals surface area contributed by atoms with E-state index in [2.05, 4.69) is 25.8 Å². The first-order valence-electron chi connectivity index (χ1n) is 8.15. The Hall–Kier alpha value is -1.71. The van der Waals surface area contributed by atoms with Crippen molar-refractivity contribution in [1.29, 1.82) is 0 Å². The van der Waals surface area contributed by atoms with Crippen molar-refractivity contribution in [3.8, 4) is 0 Å². The highest BCUT2D eigenvalue weighted by Crippen LogP contribution is 2.43. The Morgan fingerprint density at radius 1 is 1.10 bits per heavy atom. The summed E-state index contributed by atoms with van der Waals surface area (Å²) in [5.41, 5.74) is 1.69. The Labute approximate surface area is 125 Å². The van der Waals surface area contributed by atoms with Gasteiger partial charge >= 0.3 is 0 Å². The molecule has 0 N–H and O–H groups in total. The molecule has 4 nitrogen and oxygen atoms in total. The molecule has 2 aliphatic rings. The number of nitrogens with zero attached hydrogens (tertiary/aromatic N) is 4. The molecular weight excluding hydrogens is 260 g/mol. The van der Waals surface area contributed by atoms with Gasteiger partial charge in [0.25, 0.3) is 0 Å². The first-order valence-corrected chi connectivity index (χ1v) is 8.15. The van der Waals surface area contributed by atoms with E-state index in [0.29, 0.717) is 5.41 Å². The van der Waals surface area contributed by atoms with Gasteiger partial charge in [-0.15, -0.1) is 10.2 Å². The van der Waals surface area contributed by atoms with Gasteiger partial charge in [-0.25, -0.2) is 0 Å². The van der Waals surface area contributed by atoms with Crippen LogP contribution in [0.15, 0.2) is 24.5 Å². The minimum absolute atomic E-state index is 0.478. The number of rotatable bonds is 2. The molecule has 4 rings (SSSR count). The largest absolute Gasteiger partial charge is 0.314 e. The molecule has 0 unspecified atom stereocenters. The monoisotopic (exact) mass is 282 g/mol. The van der Waals surface area contributed by atoms with Gasteiger partial charge < -0.3 is 4.57 Å². The van der Waals surface area contributed by atoms with Crippen LogP contribution < -0.4 is 0 Å². The van der Waals surface area contributed by atoms with Crippen molar-refractivity contribution < 1.29 is 0 Å². The fourth-order valence-electron chi connectivity index (χ4n) is 4.04. The van der Waals surface area contributed by atoms with Crippen molar-refractivity contribution in [3.05, 3.63) is 41.7 Å². The number of hydrogen-bond donors (Lipinski definition) is 0. The van der Waals surface area contributed by atoms with Gasteiger partial charge in [-0.05, 0) is 29.9 Å². The van der Waals surface area contributed by atoms with E-state index in [1.54, 1.807) is 0 Å². The van der Waals surface area contributed by atoms with Gasteiger partial charge in [0.15, 0.2) is 0 Å². The van der Waals surface area contributed by atoms with E-state index in [1.807, 2.05) is 18.5 Å². The fourth-order valence-corrected chi connectivity index (χ4v) is 4.04. The molecule has 1 spiro atoms. The van der Waals surface area contributed by atoms with Gasteiger partial charge in [-0.2, -0.15) is 0 Å². The average molecular weight is 282 g/mol. The van der Waals surface area contributed by atoms with Crippen molar-refractivity contribution in [2.75, 3.05) is 0 Å². The topological polar surface area (TPSA) is 43.6 Å². The first kappa shape index (κ1) is 13.0. The van der Waals surface area contributed by atoms with E-state index in [0.717, 1.165) is 25.2 Å². The lowest BCUT2D eigenvalue weighted by Crippen LogP contribution is -2.22. The minimum atomic E-state index is 0.478. The molecule has 1 aliphatic carbocycles. The summed E-state index contributed by atoms with van der Waals surface area (Å²) in [5.74, 6) is 2.31. The van der Waals surface area contributed by atoms with Crippen LogP contribution in [0, 0.1) is 5.41 Å². The number of aromatic nitrogens is 4. The molecule has 21 heavy (non-hydrogen) atoms. The second kappa shape index (κ2) is 5.24. The molecule has 0 bridgehead atoms. The number of hydrogen-bond acceptors (Lipinski definition) is 3. The summed E-state index contributed by atoms with van der Waals surface area (Å²) in [5, 5.41) is 8.89. The standard InChI is InChI=1S/C17H22N4/c1-2-4-8-17(7-3-1)11-16-20-19-15(21(16)13-17)10-14-6-5-9-18-12-14/h5-6,9,12H,1-4,7-8,10-11,13H2. The van der Waals surface area contributed by atoms with Gasteiger partial charge in [-0.3, -0.25) is 4.98 Å². The highest BCUT2D eigenvalue weighted by molar-refractivity contribution is 5.17. The Bertz CT molecular complexity index is 609. The maximum atomic E-state index is 4.47. The zero-order valence-electron chi connectivity index (χ0n) is 12.5. The van der Waals surface area contributed by atoms with Crippen molar-refractivity contribution >= 4 is 0 Å². The first-order chi connectivity index (χ1) is 10.3. The highest BCUT2D eigenvalue weighted by Gasteiger charge is 2.39. The maximum Gasteiger partial charge on any atom is 0.137 e. The summed E-state index contributed by atoms with van der Waals surface area (Å²) in [7, 11) is 0. The normalized spacial score (nSPS) is 20.4. The van der Waals surface area contributed by atoms with Gasteiger partial charge in [0, 0.05) is 31.8 Å². The average Bonchev–Trinajstić information content (AvgIpc) is 2.92. The third-order valence-corrected chi connectivity index (χ3v) is 5.18. The predicted molar refractivity (Wildman–Crippen MR) is 80.9 cm³/mol. The molecular formula is C17H22N4. The van der Waals surface area contributed by atoms with Crippen LogP contribution in [-0.4, -0.2) is 19.7 Å². The lowest BCUT2D eigenvalue weighted by molar-refractivity contribution is 0.236. The fraction of sp³-hybridized carbons (Fsp3) is 0.588. The number of fused-ring (bicyclic) bond motifs is 1. The van der Waals surface area contributed by atoms with Crippen LogP contribution in [0.3, 0.4) is 0 Å². The van der Waals surface area contributed by atoms with E-state index < -0.39 is 0 Å². The van der Waals surface area contributed by atoms with Crippen LogP contribution in [0.5, 0.6) is 0 Å². The van der Waals surface area contributed by atoms with E-state index in [4.69, 9.17) is 0 Å². The quantitative estimate of drug-likeness (QED) is 0.850. The second-order valence-electron chi connectivity index (χ2n) is 6.75. The zero-order chi connectivity index (χ0) is 14.1. The minimum Gasteiger partial charge on any atom is -0.314 e. The van der Waals surface area contributed by atoms with Crippen LogP contribution in [0.1, 0.15) is 55.7 Å². The van der Waals surface area contributed by atoms with E-state index in [-0.39, 0.29) is 0 Å². The molecule has 0 aromatic carbocycles. The van der Waals surface area contributed by atoms with Crippen molar-refractivity contribution in [1.82, 2.24) is 19.7 Å². The zero-order valence-corrected chi connectivity index (χ0v) is 12.5. The Morgan fingerprint density at radius 3 is 2.71 bits per heavy atom. The van der Waals surface area contributed by atoms with Crippen LogP contribution in [0.4, 0.5) is 0 Å². The molecule has 0 atom stereocenters. The third kappa shape index (κ3) is 2.47. The van der Waals surface area contributed by atoms with Crippen LogP contribution in [0.2, 0.25) is 0 Å². The van der Waals surface area contributed by atoms with E-state index in [1.165, 1.54) is 49.9 Å². The molecule has 0 saturated heterocycles. The van der Waals surface area contributed by atoms with Crippen molar-refractivity contribution in [2.45, 2.75) is 57.9 Å². The lowest BCUT2D eigenvalue weighted by atomic mass is 9.79. The highest BCUT2D eigenvalue weighted by atomic mass is 15.3. The Kier molecular flexibility index (Phi) is 3.24. The SMILES string of the molecule is c1cncc(Cc2nnc3n2CC2(CCCCCC2)C3)c1. The summed E-state index contributed by atoms with van der Waals surface area (Å²) in [6, 6.07) is 4.11. The molecule has 1 fully saturated rings. The molecule has 2 aromatic rings. The van der Waals surface area contributed by atoms with Gasteiger partial charge in [0.1, 0.15) is 11.6 Å². The Morgan fingerprint density at radius 2 is 1.95 bits per heavy atom. The third-order valence-electron chi connectivity index (χ3n) is 5.18. The van der Waals surface area contributed by atoms with Crippen LogP contribution in [-0.2, 0) is 19.4 Å².